The maximum absolute atomic E-state index is 13.3. The Balaban J connectivity index is 1.68. The van der Waals surface area contributed by atoms with Crippen LogP contribution in [0.2, 0.25) is 0 Å². The molecule has 4 rings (SSSR count). The van der Waals surface area contributed by atoms with E-state index in [1.165, 1.54) is 14.2 Å². The van der Waals surface area contributed by atoms with Crippen molar-refractivity contribution in [1.29, 1.82) is 0 Å². The molecular formula is C19H17F3N4O4. The average molecular weight is 422 g/mol. The second-order valence-electron chi connectivity index (χ2n) is 6.80. The molecule has 2 heterocycles. The average Bonchev–Trinajstić information content (AvgIpc) is 3.47. The predicted molar refractivity (Wildman–Crippen MR) is 97.4 cm³/mol. The molecular weight excluding hydrogens is 405 g/mol. The first-order valence-electron chi connectivity index (χ1n) is 9.04. The number of methoxy groups -OCH3 is 2. The summed E-state index contributed by atoms with van der Waals surface area (Å²) in [7, 11) is 2.97. The summed E-state index contributed by atoms with van der Waals surface area (Å²) in [5, 5.41) is 7.92. The van der Waals surface area contributed by atoms with Crippen LogP contribution in [0.25, 0.3) is 11.4 Å². The molecule has 30 heavy (non-hydrogen) atoms. The van der Waals surface area contributed by atoms with Gasteiger partial charge in [-0.2, -0.15) is 23.3 Å². The van der Waals surface area contributed by atoms with E-state index in [1.807, 2.05) is 0 Å². The fourth-order valence-corrected chi connectivity index (χ4v) is 2.99. The number of nitrogens with zero attached hydrogens (tertiary/aromatic N) is 4. The highest BCUT2D eigenvalue weighted by Gasteiger charge is 2.37. The number of hydrogen-bond donors (Lipinski definition) is 0. The summed E-state index contributed by atoms with van der Waals surface area (Å²) >= 11 is 0. The first-order chi connectivity index (χ1) is 14.3. The summed E-state index contributed by atoms with van der Waals surface area (Å²) < 4.78 is 56.2. The highest BCUT2D eigenvalue weighted by molar-refractivity contribution is 5.65. The van der Waals surface area contributed by atoms with Gasteiger partial charge in [-0.15, -0.1) is 0 Å². The molecule has 3 aromatic rings. The van der Waals surface area contributed by atoms with Crippen LogP contribution in [0.1, 0.15) is 35.9 Å². The van der Waals surface area contributed by atoms with Crippen molar-refractivity contribution in [2.24, 2.45) is 0 Å². The quantitative estimate of drug-likeness (QED) is 0.602. The van der Waals surface area contributed by atoms with E-state index in [0.29, 0.717) is 17.1 Å². The summed E-state index contributed by atoms with van der Waals surface area (Å²) in [6.07, 6.45) is -3.29. The Labute approximate surface area is 168 Å². The number of ether oxygens (including phenoxy) is 2. The van der Waals surface area contributed by atoms with Gasteiger partial charge in [0.05, 0.1) is 25.5 Å². The number of aromatic nitrogens is 4. The molecule has 1 aromatic carbocycles. The van der Waals surface area contributed by atoms with Gasteiger partial charge in [-0.3, -0.25) is 4.79 Å². The van der Waals surface area contributed by atoms with Crippen LogP contribution in [0, 0.1) is 0 Å². The molecule has 0 radical (unpaired) electrons. The first-order valence-corrected chi connectivity index (χ1v) is 9.04. The van der Waals surface area contributed by atoms with Crippen LogP contribution >= 0.6 is 0 Å². The van der Waals surface area contributed by atoms with E-state index in [2.05, 4.69) is 15.2 Å². The zero-order chi connectivity index (χ0) is 21.5. The molecule has 0 spiro atoms. The van der Waals surface area contributed by atoms with Crippen molar-refractivity contribution in [1.82, 2.24) is 19.9 Å². The summed E-state index contributed by atoms with van der Waals surface area (Å²) in [5.74, 6) is 1.02. The van der Waals surface area contributed by atoms with Crippen molar-refractivity contribution in [2.45, 2.75) is 31.5 Å². The van der Waals surface area contributed by atoms with E-state index in [-0.39, 0.29) is 29.9 Å². The lowest BCUT2D eigenvalue weighted by molar-refractivity contribution is -0.139. The minimum Gasteiger partial charge on any atom is -0.497 e. The molecule has 0 atom stereocenters. The lowest BCUT2D eigenvalue weighted by Gasteiger charge is -2.11. The van der Waals surface area contributed by atoms with Crippen LogP contribution in [-0.4, -0.2) is 34.1 Å². The third kappa shape index (κ3) is 3.87. The third-order valence-electron chi connectivity index (χ3n) is 4.70. The topological polar surface area (TPSA) is 92.3 Å². The molecule has 0 saturated heterocycles. The highest BCUT2D eigenvalue weighted by Crippen LogP contribution is 2.40. The lowest BCUT2D eigenvalue weighted by Crippen LogP contribution is -2.31. The van der Waals surface area contributed by atoms with Gasteiger partial charge < -0.3 is 14.0 Å². The van der Waals surface area contributed by atoms with Crippen molar-refractivity contribution in [2.75, 3.05) is 14.2 Å². The van der Waals surface area contributed by atoms with E-state index >= 15 is 0 Å². The SMILES string of the molecule is COc1ccc(-c2noc(Cn3nc(C4CC4)cc(C(F)(F)F)c3=O)n2)c(OC)c1. The second-order valence-corrected chi connectivity index (χ2v) is 6.80. The zero-order valence-corrected chi connectivity index (χ0v) is 16.1. The van der Waals surface area contributed by atoms with Crippen molar-refractivity contribution in [3.8, 4) is 22.9 Å². The Morgan fingerprint density at radius 1 is 1.20 bits per heavy atom. The van der Waals surface area contributed by atoms with Gasteiger partial charge in [0.25, 0.3) is 5.56 Å². The first kappa shape index (κ1) is 19.9. The van der Waals surface area contributed by atoms with Crippen molar-refractivity contribution in [3.63, 3.8) is 0 Å². The van der Waals surface area contributed by atoms with Crippen LogP contribution in [-0.2, 0) is 12.7 Å². The molecule has 8 nitrogen and oxygen atoms in total. The Bertz CT molecular complexity index is 1140. The fraction of sp³-hybridized carbons (Fsp3) is 0.368. The largest absolute Gasteiger partial charge is 0.497 e. The summed E-state index contributed by atoms with van der Waals surface area (Å²) in [5.41, 5.74) is -1.78. The van der Waals surface area contributed by atoms with E-state index in [4.69, 9.17) is 14.0 Å². The van der Waals surface area contributed by atoms with E-state index in [9.17, 15) is 18.0 Å². The monoisotopic (exact) mass is 422 g/mol. The van der Waals surface area contributed by atoms with Gasteiger partial charge in [0, 0.05) is 12.0 Å². The smallest absolute Gasteiger partial charge is 0.421 e. The van der Waals surface area contributed by atoms with Crippen LogP contribution in [0.3, 0.4) is 0 Å². The Morgan fingerprint density at radius 2 is 1.97 bits per heavy atom. The Kier molecular flexibility index (Phi) is 4.96. The minimum absolute atomic E-state index is 0.0569. The maximum Gasteiger partial charge on any atom is 0.421 e. The van der Waals surface area contributed by atoms with Crippen LogP contribution in [0.5, 0.6) is 11.5 Å². The molecule has 1 aliphatic carbocycles. The van der Waals surface area contributed by atoms with E-state index in [0.717, 1.165) is 23.6 Å². The molecule has 1 fully saturated rings. The molecule has 0 aliphatic heterocycles. The maximum atomic E-state index is 13.3. The highest BCUT2D eigenvalue weighted by atomic mass is 19.4. The summed E-state index contributed by atoms with van der Waals surface area (Å²) in [4.78, 5) is 16.5. The zero-order valence-electron chi connectivity index (χ0n) is 16.1. The molecule has 158 valence electrons. The van der Waals surface area contributed by atoms with Crippen molar-refractivity contribution < 1.29 is 27.2 Å². The molecule has 2 aromatic heterocycles. The van der Waals surface area contributed by atoms with Gasteiger partial charge in [0.15, 0.2) is 0 Å². The summed E-state index contributed by atoms with van der Waals surface area (Å²) in [6.45, 7) is -0.381. The van der Waals surface area contributed by atoms with Crippen LogP contribution in [0.4, 0.5) is 13.2 Å². The second kappa shape index (κ2) is 7.47. The minimum atomic E-state index is -4.78. The number of benzene rings is 1. The van der Waals surface area contributed by atoms with E-state index < -0.39 is 17.3 Å². The van der Waals surface area contributed by atoms with Gasteiger partial charge in [0.2, 0.25) is 11.7 Å². The summed E-state index contributed by atoms with van der Waals surface area (Å²) in [6, 6.07) is 5.80. The van der Waals surface area contributed by atoms with Crippen LogP contribution in [0.15, 0.2) is 33.6 Å². The molecule has 1 saturated carbocycles. The van der Waals surface area contributed by atoms with Gasteiger partial charge in [-0.1, -0.05) is 5.16 Å². The molecule has 0 amide bonds. The van der Waals surface area contributed by atoms with Crippen molar-refractivity contribution >= 4 is 0 Å². The van der Waals surface area contributed by atoms with Gasteiger partial charge in [0.1, 0.15) is 23.6 Å². The number of hydrogen-bond acceptors (Lipinski definition) is 7. The Morgan fingerprint density at radius 3 is 2.60 bits per heavy atom. The molecule has 11 heteroatoms. The molecule has 0 bridgehead atoms. The fourth-order valence-electron chi connectivity index (χ4n) is 2.99. The van der Waals surface area contributed by atoms with Gasteiger partial charge in [-0.05, 0) is 31.0 Å². The van der Waals surface area contributed by atoms with Crippen molar-refractivity contribution in [3.05, 3.63) is 51.8 Å². The molecule has 1 aliphatic rings. The predicted octanol–water partition coefficient (Wildman–Crippen LogP) is 3.26. The Hall–Kier alpha value is -3.37. The van der Waals surface area contributed by atoms with E-state index in [1.54, 1.807) is 18.2 Å². The van der Waals surface area contributed by atoms with Gasteiger partial charge >= 0.3 is 6.18 Å². The lowest BCUT2D eigenvalue weighted by atomic mass is 10.2. The third-order valence-corrected chi connectivity index (χ3v) is 4.70. The number of rotatable bonds is 6. The molecule has 0 unspecified atom stereocenters. The number of halogens is 3. The van der Waals surface area contributed by atoms with Crippen LogP contribution < -0.4 is 15.0 Å². The standard InChI is InChI=1S/C19H17F3N4O4/c1-28-11-5-6-12(15(7-11)29-2)17-23-16(30-25-17)9-26-18(27)13(19(20,21)22)8-14(24-26)10-3-4-10/h5-8,10H,3-4,9H2,1-2H3. The number of alkyl halides is 3. The molecule has 0 N–H and O–H groups in total. The normalized spacial score (nSPS) is 14.0. The van der Waals surface area contributed by atoms with Gasteiger partial charge in [-0.25, -0.2) is 4.68 Å².